The Morgan fingerprint density at radius 3 is 2.13 bits per heavy atom. The van der Waals surface area contributed by atoms with Gasteiger partial charge >= 0.3 is 0 Å². The van der Waals surface area contributed by atoms with Crippen molar-refractivity contribution < 1.29 is 25.0 Å². The topological polar surface area (TPSA) is 108 Å². The third-order valence-corrected chi connectivity index (χ3v) is 3.59. The van der Waals surface area contributed by atoms with Crippen molar-refractivity contribution in [2.45, 2.75) is 64.1 Å². The van der Waals surface area contributed by atoms with E-state index in [2.05, 4.69) is 24.7 Å². The molecule has 0 aromatic heterocycles. The highest BCUT2D eigenvalue weighted by molar-refractivity contribution is 5.79. The molecular weight excluding hydrogens is 296 g/mol. The van der Waals surface area contributed by atoms with Gasteiger partial charge in [0.1, 0.15) is 6.29 Å². The number of quaternary nitrogens is 2. The number of nitrogens with one attached hydrogen (secondary N) is 2. The summed E-state index contributed by atoms with van der Waals surface area (Å²) in [6.07, 6.45) is 3.66. The van der Waals surface area contributed by atoms with Gasteiger partial charge in [0, 0.05) is 6.54 Å². The normalized spacial score (nSPS) is 14.6. The van der Waals surface area contributed by atoms with Gasteiger partial charge in [0.15, 0.2) is 0 Å². The van der Waals surface area contributed by atoms with Gasteiger partial charge in [-0.1, -0.05) is 0 Å². The van der Waals surface area contributed by atoms with Crippen molar-refractivity contribution in [2.75, 3.05) is 6.54 Å². The lowest BCUT2D eigenvalue weighted by molar-refractivity contribution is -0.629. The second kappa shape index (κ2) is 13.0. The van der Waals surface area contributed by atoms with Crippen molar-refractivity contribution in [3.8, 4) is 0 Å². The van der Waals surface area contributed by atoms with Gasteiger partial charge in [0.2, 0.25) is 11.8 Å². The first-order valence-corrected chi connectivity index (χ1v) is 8.19. The van der Waals surface area contributed by atoms with Crippen LogP contribution in [0.2, 0.25) is 0 Å². The Labute approximate surface area is 139 Å². The molecule has 0 rings (SSSR count). The minimum Gasteiger partial charge on any atom is -0.476 e. The summed E-state index contributed by atoms with van der Waals surface area (Å²) >= 11 is 0. The van der Waals surface area contributed by atoms with Crippen molar-refractivity contribution in [1.29, 1.82) is 0 Å². The summed E-state index contributed by atoms with van der Waals surface area (Å²) < 4.78 is 0. The van der Waals surface area contributed by atoms with E-state index < -0.39 is 6.04 Å². The van der Waals surface area contributed by atoms with Crippen LogP contribution in [0.15, 0.2) is 0 Å². The third-order valence-electron chi connectivity index (χ3n) is 3.59. The van der Waals surface area contributed by atoms with Gasteiger partial charge in [-0.15, -0.1) is 0 Å². The summed E-state index contributed by atoms with van der Waals surface area (Å²) in [5.41, 5.74) is 0. The van der Waals surface area contributed by atoms with E-state index in [1.165, 1.54) is 0 Å². The molecule has 134 valence electrons. The molecule has 6 N–H and O–H groups in total. The molecule has 0 aromatic carbocycles. The van der Waals surface area contributed by atoms with Gasteiger partial charge in [-0.25, -0.2) is 0 Å². The van der Waals surface area contributed by atoms with Gasteiger partial charge in [-0.2, -0.15) is 14.1 Å². The van der Waals surface area contributed by atoms with E-state index in [1.807, 2.05) is 13.8 Å². The van der Waals surface area contributed by atoms with Gasteiger partial charge in [0.25, 0.3) is 0 Å². The molecule has 0 heterocycles. The van der Waals surface area contributed by atoms with Crippen molar-refractivity contribution in [3.05, 3.63) is 14.1 Å². The molecular formula is C16H32N4O3. The molecule has 0 aliphatic heterocycles. The standard InChI is InChI=1S/C16H32N4O3/c1-12(17-3)9-15(22)19-8-6-5-7-14(11-21)20-16(23)10-13(2)18-4/h11-14H,3-10,17-18H2,1-2H3,(H,19,22)(H,20,23). The number of amides is 2. The molecule has 0 aliphatic carbocycles. The minimum absolute atomic E-state index is 0.0102. The van der Waals surface area contributed by atoms with Crippen LogP contribution in [-0.4, -0.2) is 42.8 Å². The zero-order valence-corrected chi connectivity index (χ0v) is 14.3. The van der Waals surface area contributed by atoms with Crippen molar-refractivity contribution in [2.24, 2.45) is 0 Å². The first-order valence-electron chi connectivity index (χ1n) is 8.19. The average Bonchev–Trinajstić information content (AvgIpc) is 2.52. The Kier molecular flexibility index (Phi) is 12.2. The van der Waals surface area contributed by atoms with Crippen LogP contribution < -0.4 is 21.3 Å². The first kappa shape index (κ1) is 21.5. The van der Waals surface area contributed by atoms with Crippen molar-refractivity contribution >= 4 is 18.1 Å². The van der Waals surface area contributed by atoms with Crippen LogP contribution in [0.1, 0.15) is 46.0 Å². The second-order valence-corrected chi connectivity index (χ2v) is 5.99. The van der Waals surface area contributed by atoms with E-state index in [0.29, 0.717) is 25.8 Å². The van der Waals surface area contributed by atoms with Gasteiger partial charge < -0.3 is 26.1 Å². The van der Waals surface area contributed by atoms with E-state index >= 15 is 0 Å². The summed E-state index contributed by atoms with van der Waals surface area (Å²) in [5, 5.41) is 9.02. The predicted molar refractivity (Wildman–Crippen MR) is 87.6 cm³/mol. The van der Waals surface area contributed by atoms with Crippen molar-refractivity contribution in [3.63, 3.8) is 0 Å². The Balaban J connectivity index is 3.81. The highest BCUT2D eigenvalue weighted by atomic mass is 16.2. The van der Waals surface area contributed by atoms with E-state index in [0.717, 1.165) is 19.1 Å². The van der Waals surface area contributed by atoms with Crippen LogP contribution in [0.5, 0.6) is 0 Å². The summed E-state index contributed by atoms with van der Waals surface area (Å²) in [6, 6.07) is -0.200. The molecule has 7 nitrogen and oxygen atoms in total. The number of hydrogen-bond acceptors (Lipinski definition) is 3. The number of hydrogen-bond donors (Lipinski definition) is 4. The second-order valence-electron chi connectivity index (χ2n) is 5.99. The third kappa shape index (κ3) is 11.7. The molecule has 0 saturated heterocycles. The Hall–Kier alpha value is -1.47. The molecule has 0 fully saturated rings. The summed E-state index contributed by atoms with van der Waals surface area (Å²) in [6.45, 7) is 4.42. The summed E-state index contributed by atoms with van der Waals surface area (Å²) in [4.78, 5) is 34.3. The van der Waals surface area contributed by atoms with Gasteiger partial charge in [-0.05, 0) is 33.1 Å². The first-order chi connectivity index (χ1) is 10.9. The molecule has 0 aromatic rings. The SMILES string of the molecule is [CH2-][NH2+]C(C)CC(=O)NCCCCC(C=O)NC(=O)CC(C)[NH2+][CH2-]. The summed E-state index contributed by atoms with van der Waals surface area (Å²) in [5.74, 6) is -0.128. The lowest BCUT2D eigenvalue weighted by atomic mass is 10.1. The maximum Gasteiger partial charge on any atom is 0.226 e. The maximum atomic E-state index is 11.7. The molecule has 0 aliphatic rings. The fraction of sp³-hybridized carbons (Fsp3) is 0.688. The minimum atomic E-state index is -0.462. The molecule has 2 amide bonds. The van der Waals surface area contributed by atoms with E-state index in [-0.39, 0.29) is 23.9 Å². The smallest absolute Gasteiger partial charge is 0.226 e. The van der Waals surface area contributed by atoms with Crippen LogP contribution in [0.4, 0.5) is 0 Å². The molecule has 0 spiro atoms. The van der Waals surface area contributed by atoms with Gasteiger partial charge in [0.05, 0.1) is 31.0 Å². The lowest BCUT2D eigenvalue weighted by Gasteiger charge is -2.15. The van der Waals surface area contributed by atoms with Gasteiger partial charge in [-0.3, -0.25) is 9.59 Å². The Bertz CT molecular complexity index is 363. The Morgan fingerprint density at radius 2 is 1.61 bits per heavy atom. The largest absolute Gasteiger partial charge is 0.476 e. The molecule has 0 bridgehead atoms. The number of carbonyl (C=O) groups excluding carboxylic acids is 3. The maximum absolute atomic E-state index is 11.7. The van der Waals surface area contributed by atoms with Crippen LogP contribution in [0.3, 0.4) is 0 Å². The average molecular weight is 328 g/mol. The summed E-state index contributed by atoms with van der Waals surface area (Å²) in [7, 11) is 7.28. The molecule has 3 unspecified atom stereocenters. The lowest BCUT2D eigenvalue weighted by Crippen LogP contribution is -2.83. The van der Waals surface area contributed by atoms with Crippen LogP contribution in [-0.2, 0) is 14.4 Å². The number of carbonyl (C=O) groups is 3. The van der Waals surface area contributed by atoms with E-state index in [9.17, 15) is 14.4 Å². The Morgan fingerprint density at radius 1 is 1.04 bits per heavy atom. The number of rotatable bonds is 13. The van der Waals surface area contributed by atoms with Crippen molar-refractivity contribution in [1.82, 2.24) is 10.6 Å². The quantitative estimate of drug-likeness (QED) is 0.182. The molecule has 23 heavy (non-hydrogen) atoms. The molecule has 3 atom stereocenters. The highest BCUT2D eigenvalue weighted by Gasteiger charge is 2.14. The predicted octanol–water partition coefficient (Wildman–Crippen LogP) is -1.78. The number of unbranched alkanes of at least 4 members (excludes halogenated alkanes) is 1. The zero-order chi connectivity index (χ0) is 17.7. The molecule has 0 radical (unpaired) electrons. The monoisotopic (exact) mass is 328 g/mol. The molecule has 0 saturated carbocycles. The van der Waals surface area contributed by atoms with E-state index in [1.54, 1.807) is 10.6 Å². The fourth-order valence-electron chi connectivity index (χ4n) is 1.98. The van der Waals surface area contributed by atoms with Crippen LogP contribution in [0, 0.1) is 14.1 Å². The number of nitrogens with two attached hydrogens (primary N) is 2. The highest BCUT2D eigenvalue weighted by Crippen LogP contribution is 2.00. The fourth-order valence-corrected chi connectivity index (χ4v) is 1.98. The number of aldehydes is 1. The zero-order valence-electron chi connectivity index (χ0n) is 14.3. The molecule has 7 heteroatoms. The van der Waals surface area contributed by atoms with Crippen LogP contribution in [0.25, 0.3) is 0 Å². The van der Waals surface area contributed by atoms with E-state index in [4.69, 9.17) is 0 Å². The van der Waals surface area contributed by atoms with Crippen LogP contribution >= 0.6 is 0 Å².